The third-order valence-corrected chi connectivity index (χ3v) is 2.98. The van der Waals surface area contributed by atoms with Crippen molar-refractivity contribution in [3.63, 3.8) is 0 Å². The van der Waals surface area contributed by atoms with Gasteiger partial charge in [0.15, 0.2) is 5.78 Å². The normalized spacial score (nSPS) is 10.5. The van der Waals surface area contributed by atoms with E-state index in [1.54, 1.807) is 6.20 Å². The first-order valence-corrected chi connectivity index (χ1v) is 6.49. The summed E-state index contributed by atoms with van der Waals surface area (Å²) in [6.07, 6.45) is 3.18. The Morgan fingerprint density at radius 1 is 1.05 bits per heavy atom. The van der Waals surface area contributed by atoms with Crippen LogP contribution in [0.2, 0.25) is 0 Å². The molecule has 0 saturated heterocycles. The molecule has 2 aromatic carbocycles. The van der Waals surface area contributed by atoms with E-state index in [9.17, 15) is 4.79 Å². The number of rotatable bonds is 5. The topological polar surface area (TPSA) is 32.3 Å². The molecule has 0 fully saturated rings. The van der Waals surface area contributed by atoms with Crippen molar-refractivity contribution in [1.29, 1.82) is 0 Å². The summed E-state index contributed by atoms with van der Waals surface area (Å²) in [5, 5.41) is 1.85. The molecule has 0 aromatic heterocycles. The Balaban J connectivity index is 1.93. The molecule has 2 aromatic rings. The highest BCUT2D eigenvalue weighted by molar-refractivity contribution is 6.04. The summed E-state index contributed by atoms with van der Waals surface area (Å²) >= 11 is 0. The van der Waals surface area contributed by atoms with Gasteiger partial charge in [-0.1, -0.05) is 48.0 Å². The second-order valence-electron chi connectivity index (χ2n) is 4.59. The number of carbonyl (C=O) groups excluding carboxylic acids is 1. The molecule has 0 saturated carbocycles. The van der Waals surface area contributed by atoms with E-state index >= 15 is 0 Å². The van der Waals surface area contributed by atoms with Gasteiger partial charge in [-0.3, -0.25) is 9.80 Å². The van der Waals surface area contributed by atoms with Crippen molar-refractivity contribution in [3.8, 4) is 0 Å². The van der Waals surface area contributed by atoms with Crippen LogP contribution in [0.15, 0.2) is 66.9 Å². The molecule has 0 amide bonds. The van der Waals surface area contributed by atoms with Gasteiger partial charge in [-0.2, -0.15) is 0 Å². The van der Waals surface area contributed by atoms with Crippen molar-refractivity contribution < 1.29 is 4.79 Å². The summed E-state index contributed by atoms with van der Waals surface area (Å²) in [5.41, 5.74) is 5.91. The Kier molecular flexibility index (Phi) is 4.56. The smallest absolute Gasteiger partial charge is 0.187 e. The second kappa shape index (κ2) is 6.57. The number of carbonyl (C=O) groups is 1. The fourth-order valence-electron chi connectivity index (χ4n) is 1.76. The molecule has 0 aliphatic heterocycles. The maximum Gasteiger partial charge on any atom is 0.187 e. The number of benzene rings is 2. The zero-order valence-corrected chi connectivity index (χ0v) is 11.7. The van der Waals surface area contributed by atoms with E-state index in [2.05, 4.69) is 5.43 Å². The van der Waals surface area contributed by atoms with E-state index in [4.69, 9.17) is 0 Å². The fourth-order valence-corrected chi connectivity index (χ4v) is 1.76. The molecule has 0 spiro atoms. The molecule has 1 N–H and O–H groups in total. The highest BCUT2D eigenvalue weighted by atomic mass is 16.1. The lowest BCUT2D eigenvalue weighted by molar-refractivity contribution is 0.104. The van der Waals surface area contributed by atoms with Crippen LogP contribution in [0.5, 0.6) is 0 Å². The fraction of sp³-hybridized carbons (Fsp3) is 0.118. The zero-order valence-electron chi connectivity index (χ0n) is 11.7. The highest BCUT2D eigenvalue weighted by Crippen LogP contribution is 2.08. The molecule has 3 nitrogen and oxygen atoms in total. The zero-order chi connectivity index (χ0) is 14.4. The SMILES string of the molecule is Cc1ccc(C(=O)/C=C\NN(C)c2ccccc2)cc1. The highest BCUT2D eigenvalue weighted by Gasteiger charge is 2.00. The summed E-state index contributed by atoms with van der Waals surface area (Å²) in [7, 11) is 1.90. The molecule has 102 valence electrons. The van der Waals surface area contributed by atoms with Gasteiger partial charge in [0.1, 0.15) is 0 Å². The van der Waals surface area contributed by atoms with Crippen LogP contribution in [-0.2, 0) is 0 Å². The second-order valence-corrected chi connectivity index (χ2v) is 4.59. The average Bonchev–Trinajstić information content (AvgIpc) is 2.48. The predicted octanol–water partition coefficient (Wildman–Crippen LogP) is 3.33. The minimum Gasteiger partial charge on any atom is -0.306 e. The average molecular weight is 266 g/mol. The number of anilines is 1. The van der Waals surface area contributed by atoms with E-state index in [0.29, 0.717) is 5.56 Å². The van der Waals surface area contributed by atoms with E-state index in [-0.39, 0.29) is 5.78 Å². The van der Waals surface area contributed by atoms with Gasteiger partial charge in [0.25, 0.3) is 0 Å². The molecule has 20 heavy (non-hydrogen) atoms. The molecule has 0 radical (unpaired) electrons. The van der Waals surface area contributed by atoms with Crippen molar-refractivity contribution >= 4 is 11.5 Å². The van der Waals surface area contributed by atoms with Crippen LogP contribution >= 0.6 is 0 Å². The maximum atomic E-state index is 11.9. The monoisotopic (exact) mass is 266 g/mol. The molecule has 0 aliphatic carbocycles. The van der Waals surface area contributed by atoms with Gasteiger partial charge in [0.05, 0.1) is 5.69 Å². The lowest BCUT2D eigenvalue weighted by Gasteiger charge is -2.18. The Morgan fingerprint density at radius 3 is 2.35 bits per heavy atom. The standard InChI is InChI=1S/C17H18N2O/c1-14-8-10-15(11-9-14)17(20)12-13-18-19(2)16-6-4-3-5-7-16/h3-13,18H,1-2H3/b13-12-. The number of nitrogens with one attached hydrogen (secondary N) is 1. The summed E-state index contributed by atoms with van der Waals surface area (Å²) in [4.78, 5) is 11.9. The molecule has 0 unspecified atom stereocenters. The van der Waals surface area contributed by atoms with Gasteiger partial charge >= 0.3 is 0 Å². The van der Waals surface area contributed by atoms with Crippen LogP contribution in [0.3, 0.4) is 0 Å². The van der Waals surface area contributed by atoms with Gasteiger partial charge < -0.3 is 5.43 Å². The number of nitrogens with zero attached hydrogens (tertiary/aromatic N) is 1. The van der Waals surface area contributed by atoms with Gasteiger partial charge in [0, 0.05) is 24.9 Å². The summed E-state index contributed by atoms with van der Waals surface area (Å²) < 4.78 is 0. The molecule has 0 atom stereocenters. The number of para-hydroxylation sites is 1. The number of hydrogen-bond donors (Lipinski definition) is 1. The Bertz CT molecular complexity index is 588. The van der Waals surface area contributed by atoms with Crippen molar-refractivity contribution in [1.82, 2.24) is 5.43 Å². The molecule has 3 heteroatoms. The van der Waals surface area contributed by atoms with Gasteiger partial charge in [-0.25, -0.2) is 0 Å². The Hall–Kier alpha value is -2.55. The van der Waals surface area contributed by atoms with Crippen molar-refractivity contribution in [2.75, 3.05) is 12.1 Å². The van der Waals surface area contributed by atoms with Crippen LogP contribution in [0.1, 0.15) is 15.9 Å². The maximum absolute atomic E-state index is 11.9. The van der Waals surface area contributed by atoms with E-state index < -0.39 is 0 Å². The Labute approximate surface area is 119 Å². The predicted molar refractivity (Wildman–Crippen MR) is 82.6 cm³/mol. The Morgan fingerprint density at radius 2 is 1.70 bits per heavy atom. The van der Waals surface area contributed by atoms with E-state index in [1.807, 2.05) is 73.6 Å². The largest absolute Gasteiger partial charge is 0.306 e. The first kappa shape index (κ1) is 13.9. The number of hydrogen-bond acceptors (Lipinski definition) is 3. The molecule has 0 heterocycles. The summed E-state index contributed by atoms with van der Waals surface area (Å²) in [6.45, 7) is 2.00. The van der Waals surface area contributed by atoms with Crippen molar-refractivity contribution in [2.45, 2.75) is 6.92 Å². The number of hydrazine groups is 1. The molecule has 0 aliphatic rings. The van der Waals surface area contributed by atoms with E-state index in [1.165, 1.54) is 6.08 Å². The van der Waals surface area contributed by atoms with Crippen LogP contribution in [-0.4, -0.2) is 12.8 Å². The number of ketones is 1. The molecular weight excluding hydrogens is 248 g/mol. The molecule has 2 rings (SSSR count). The molecule has 0 bridgehead atoms. The third-order valence-electron chi connectivity index (χ3n) is 2.98. The van der Waals surface area contributed by atoms with Crippen molar-refractivity contribution in [2.24, 2.45) is 0 Å². The molecular formula is C17H18N2O. The summed E-state index contributed by atoms with van der Waals surface area (Å²) in [5.74, 6) is -0.0149. The summed E-state index contributed by atoms with van der Waals surface area (Å²) in [6, 6.07) is 17.4. The number of aryl methyl sites for hydroxylation is 1. The first-order chi connectivity index (χ1) is 9.66. The van der Waals surface area contributed by atoms with Crippen LogP contribution in [0.25, 0.3) is 0 Å². The van der Waals surface area contributed by atoms with Gasteiger partial charge in [-0.15, -0.1) is 0 Å². The number of allylic oxidation sites excluding steroid dienone is 1. The lowest BCUT2D eigenvalue weighted by atomic mass is 10.1. The first-order valence-electron chi connectivity index (χ1n) is 6.49. The minimum absolute atomic E-state index is 0.0149. The third kappa shape index (κ3) is 3.72. The van der Waals surface area contributed by atoms with E-state index in [0.717, 1.165) is 11.3 Å². The minimum atomic E-state index is -0.0149. The van der Waals surface area contributed by atoms with Crippen molar-refractivity contribution in [3.05, 3.63) is 78.0 Å². The van der Waals surface area contributed by atoms with Crippen LogP contribution < -0.4 is 10.4 Å². The van der Waals surface area contributed by atoms with Crippen LogP contribution in [0.4, 0.5) is 5.69 Å². The van der Waals surface area contributed by atoms with Crippen LogP contribution in [0, 0.1) is 6.92 Å². The quantitative estimate of drug-likeness (QED) is 0.512. The lowest BCUT2D eigenvalue weighted by Crippen LogP contribution is -2.29. The van der Waals surface area contributed by atoms with Gasteiger partial charge in [0.2, 0.25) is 0 Å². The van der Waals surface area contributed by atoms with Gasteiger partial charge in [-0.05, 0) is 19.1 Å².